The molecule has 0 radical (unpaired) electrons. The predicted molar refractivity (Wildman–Crippen MR) is 64.1 cm³/mol. The first-order valence-corrected chi connectivity index (χ1v) is 7.38. The Morgan fingerprint density at radius 2 is 2.00 bits per heavy atom. The maximum atomic E-state index is 11.5. The van der Waals surface area contributed by atoms with Gasteiger partial charge in [0.15, 0.2) is 15.9 Å². The van der Waals surface area contributed by atoms with Crippen LogP contribution in [0.1, 0.15) is 18.4 Å². The van der Waals surface area contributed by atoms with Gasteiger partial charge in [0, 0.05) is 11.7 Å². The van der Waals surface area contributed by atoms with E-state index in [1.54, 1.807) is 12.1 Å². The predicted octanol–water partition coefficient (Wildman–Crippen LogP) is 0.567. The number of aliphatic hydroxyl groups excluding tert-OH is 1. The Hall–Kier alpha value is -1.40. The van der Waals surface area contributed by atoms with Gasteiger partial charge in [-0.3, -0.25) is 0 Å². The highest BCUT2D eigenvalue weighted by molar-refractivity contribution is 7.90. The van der Waals surface area contributed by atoms with Crippen LogP contribution in [0, 0.1) is 0 Å². The van der Waals surface area contributed by atoms with Gasteiger partial charge in [-0.1, -0.05) is 12.1 Å². The van der Waals surface area contributed by atoms with Crippen molar-refractivity contribution in [1.82, 2.24) is 0 Å². The van der Waals surface area contributed by atoms with Gasteiger partial charge in [0.25, 0.3) is 0 Å². The molecule has 2 N–H and O–H groups in total. The molecular formula is C12H14O5S. The SMILES string of the molecule is CS(=O)(=O)c1cccc(C2(C(O)C(=O)O)CC2)c1. The number of hydrogen-bond donors (Lipinski definition) is 2. The van der Waals surface area contributed by atoms with Crippen molar-refractivity contribution in [2.75, 3.05) is 6.26 Å². The van der Waals surface area contributed by atoms with Crippen LogP contribution < -0.4 is 0 Å². The van der Waals surface area contributed by atoms with Crippen LogP contribution >= 0.6 is 0 Å². The van der Waals surface area contributed by atoms with E-state index in [1.807, 2.05) is 0 Å². The van der Waals surface area contributed by atoms with E-state index in [1.165, 1.54) is 12.1 Å². The van der Waals surface area contributed by atoms with E-state index in [2.05, 4.69) is 0 Å². The van der Waals surface area contributed by atoms with Crippen molar-refractivity contribution in [2.45, 2.75) is 29.3 Å². The van der Waals surface area contributed by atoms with Gasteiger partial charge >= 0.3 is 5.97 Å². The van der Waals surface area contributed by atoms with Gasteiger partial charge < -0.3 is 10.2 Å². The minimum Gasteiger partial charge on any atom is -0.479 e. The molecule has 1 unspecified atom stereocenters. The zero-order valence-electron chi connectivity index (χ0n) is 9.83. The summed E-state index contributed by atoms with van der Waals surface area (Å²) in [5.74, 6) is -1.28. The Bertz CT molecular complexity index is 586. The first kappa shape index (κ1) is 13.0. The minimum atomic E-state index is -3.33. The van der Waals surface area contributed by atoms with Gasteiger partial charge in [-0.05, 0) is 30.5 Å². The Morgan fingerprint density at radius 3 is 2.44 bits per heavy atom. The van der Waals surface area contributed by atoms with Gasteiger partial charge in [-0.2, -0.15) is 0 Å². The number of carboxylic acid groups (broad SMARTS) is 1. The highest BCUT2D eigenvalue weighted by Crippen LogP contribution is 2.51. The van der Waals surface area contributed by atoms with Gasteiger partial charge in [0.1, 0.15) is 0 Å². The van der Waals surface area contributed by atoms with Crippen LogP contribution in [0.2, 0.25) is 0 Å². The van der Waals surface area contributed by atoms with Gasteiger partial charge in [-0.15, -0.1) is 0 Å². The topological polar surface area (TPSA) is 91.7 Å². The standard InChI is InChI=1S/C12H14O5S/c1-18(16,17)9-4-2-3-8(7-9)12(5-6-12)10(13)11(14)15/h2-4,7,10,13H,5-6H2,1H3,(H,14,15). The lowest BCUT2D eigenvalue weighted by Gasteiger charge is -2.19. The number of aliphatic carboxylic acids is 1. The number of sulfone groups is 1. The van der Waals surface area contributed by atoms with E-state index in [0.717, 1.165) is 6.26 Å². The highest BCUT2D eigenvalue weighted by Gasteiger charge is 2.53. The van der Waals surface area contributed by atoms with Crippen LogP contribution in [0.4, 0.5) is 0 Å². The molecule has 1 aromatic rings. The summed E-state index contributed by atoms with van der Waals surface area (Å²) < 4.78 is 22.9. The molecule has 0 aliphatic heterocycles. The molecule has 0 bridgehead atoms. The molecule has 1 aliphatic carbocycles. The second-order valence-corrected chi connectivity index (χ2v) is 6.71. The molecule has 1 fully saturated rings. The van der Waals surface area contributed by atoms with Crippen molar-refractivity contribution in [1.29, 1.82) is 0 Å². The normalized spacial score (nSPS) is 19.2. The third kappa shape index (κ3) is 2.13. The molecule has 0 amide bonds. The van der Waals surface area contributed by atoms with Gasteiger partial charge in [-0.25, -0.2) is 13.2 Å². The smallest absolute Gasteiger partial charge is 0.333 e. The number of carbonyl (C=O) groups is 1. The van der Waals surface area contributed by atoms with Crippen LogP contribution in [0.15, 0.2) is 29.2 Å². The lowest BCUT2D eigenvalue weighted by molar-refractivity contribution is -0.148. The lowest BCUT2D eigenvalue weighted by Crippen LogP contribution is -2.33. The summed E-state index contributed by atoms with van der Waals surface area (Å²) >= 11 is 0. The summed E-state index contributed by atoms with van der Waals surface area (Å²) in [4.78, 5) is 11.0. The minimum absolute atomic E-state index is 0.142. The maximum Gasteiger partial charge on any atom is 0.333 e. The van der Waals surface area contributed by atoms with E-state index < -0.39 is 27.3 Å². The summed E-state index contributed by atoms with van der Waals surface area (Å²) in [6.45, 7) is 0. The van der Waals surface area contributed by atoms with Gasteiger partial charge in [0.2, 0.25) is 0 Å². The largest absolute Gasteiger partial charge is 0.479 e. The Morgan fingerprint density at radius 1 is 1.39 bits per heavy atom. The van der Waals surface area contributed by atoms with E-state index in [-0.39, 0.29) is 4.90 Å². The van der Waals surface area contributed by atoms with Crippen molar-refractivity contribution in [3.8, 4) is 0 Å². The third-order valence-electron chi connectivity index (χ3n) is 3.38. The second kappa shape index (κ2) is 4.07. The maximum absolute atomic E-state index is 11.5. The van der Waals surface area contributed by atoms with Crippen LogP contribution in [-0.2, 0) is 20.0 Å². The van der Waals surface area contributed by atoms with Crippen LogP contribution in [0.25, 0.3) is 0 Å². The van der Waals surface area contributed by atoms with Gasteiger partial charge in [0.05, 0.1) is 4.90 Å². The number of carboxylic acids is 1. The van der Waals surface area contributed by atoms with E-state index in [4.69, 9.17) is 5.11 Å². The average Bonchev–Trinajstić information content (AvgIpc) is 3.08. The van der Waals surface area contributed by atoms with E-state index >= 15 is 0 Å². The van der Waals surface area contributed by atoms with Crippen molar-refractivity contribution < 1.29 is 23.4 Å². The molecule has 1 saturated carbocycles. The molecule has 98 valence electrons. The van der Waals surface area contributed by atoms with Crippen LogP contribution in [0.5, 0.6) is 0 Å². The lowest BCUT2D eigenvalue weighted by atomic mass is 9.90. The molecule has 0 saturated heterocycles. The fourth-order valence-corrected chi connectivity index (χ4v) is 2.79. The van der Waals surface area contributed by atoms with E-state index in [0.29, 0.717) is 18.4 Å². The Labute approximate surface area is 105 Å². The number of rotatable bonds is 4. The summed E-state index contributed by atoms with van der Waals surface area (Å²) in [6.07, 6.45) is 0.702. The van der Waals surface area contributed by atoms with Crippen molar-refractivity contribution in [2.24, 2.45) is 0 Å². The summed E-state index contributed by atoms with van der Waals surface area (Å²) in [5, 5.41) is 18.6. The first-order valence-electron chi connectivity index (χ1n) is 5.49. The molecule has 0 heterocycles. The van der Waals surface area contributed by atoms with Crippen molar-refractivity contribution in [3.05, 3.63) is 29.8 Å². The molecule has 2 rings (SSSR count). The highest BCUT2D eigenvalue weighted by atomic mass is 32.2. The zero-order chi connectivity index (χ0) is 13.6. The monoisotopic (exact) mass is 270 g/mol. The Balaban J connectivity index is 2.44. The molecule has 1 aromatic carbocycles. The number of aliphatic hydroxyl groups is 1. The Kier molecular flexibility index (Phi) is 2.95. The zero-order valence-corrected chi connectivity index (χ0v) is 10.6. The number of hydrogen-bond acceptors (Lipinski definition) is 4. The summed E-state index contributed by atoms with van der Waals surface area (Å²) in [6, 6.07) is 6.14. The molecule has 0 aromatic heterocycles. The first-order chi connectivity index (χ1) is 8.27. The van der Waals surface area contributed by atoms with Crippen LogP contribution in [0.3, 0.4) is 0 Å². The second-order valence-electron chi connectivity index (χ2n) is 4.70. The fourth-order valence-electron chi connectivity index (χ4n) is 2.13. The number of benzene rings is 1. The fraction of sp³-hybridized carbons (Fsp3) is 0.417. The average molecular weight is 270 g/mol. The molecule has 6 heteroatoms. The molecule has 18 heavy (non-hydrogen) atoms. The molecular weight excluding hydrogens is 256 g/mol. The van der Waals surface area contributed by atoms with Crippen molar-refractivity contribution >= 4 is 15.8 Å². The molecule has 1 aliphatic rings. The third-order valence-corrected chi connectivity index (χ3v) is 4.49. The summed E-state index contributed by atoms with van der Waals surface area (Å²) in [5.41, 5.74) is -0.257. The van der Waals surface area contributed by atoms with Crippen molar-refractivity contribution in [3.63, 3.8) is 0 Å². The molecule has 1 atom stereocenters. The quantitative estimate of drug-likeness (QED) is 0.834. The van der Waals surface area contributed by atoms with E-state index in [9.17, 15) is 18.3 Å². The molecule has 5 nitrogen and oxygen atoms in total. The summed E-state index contributed by atoms with van der Waals surface area (Å²) in [7, 11) is -3.33. The molecule has 0 spiro atoms. The van der Waals surface area contributed by atoms with Crippen LogP contribution in [-0.4, -0.2) is 37.0 Å².